The highest BCUT2D eigenvalue weighted by Crippen LogP contribution is 2.30. The summed E-state index contributed by atoms with van der Waals surface area (Å²) >= 11 is 0. The molecule has 5 rings (SSSR count). The number of nitrogens with zero attached hydrogens (tertiary/aromatic N) is 5. The smallest absolute Gasteiger partial charge is 0.249 e. The van der Waals surface area contributed by atoms with Gasteiger partial charge in [-0.15, -0.1) is 5.10 Å². The minimum absolute atomic E-state index is 0.0127. The summed E-state index contributed by atoms with van der Waals surface area (Å²) in [4.78, 5) is 33.4. The van der Waals surface area contributed by atoms with Gasteiger partial charge in [-0.05, 0) is 50.7 Å². The summed E-state index contributed by atoms with van der Waals surface area (Å²) in [6.07, 6.45) is 5.92. The van der Waals surface area contributed by atoms with E-state index in [0.717, 1.165) is 76.2 Å². The van der Waals surface area contributed by atoms with Crippen LogP contribution in [0, 0.1) is 11.8 Å². The minimum atomic E-state index is 0.0127. The van der Waals surface area contributed by atoms with E-state index in [4.69, 9.17) is 0 Å². The molecule has 2 aromatic rings. The molecule has 1 aliphatic carbocycles. The first kappa shape index (κ1) is 17.5. The molecule has 2 saturated heterocycles. The quantitative estimate of drug-likeness (QED) is 0.874. The fourth-order valence-electron chi connectivity index (χ4n) is 4.29. The second kappa shape index (κ2) is 7.07. The molecule has 2 aliphatic heterocycles. The molecular formula is C20H26N6O2. The number of anilines is 2. The second-order valence-electron chi connectivity index (χ2n) is 8.15. The van der Waals surface area contributed by atoms with Crippen LogP contribution in [0.4, 0.5) is 11.8 Å². The van der Waals surface area contributed by atoms with E-state index in [2.05, 4.69) is 20.3 Å². The third kappa shape index (κ3) is 3.31. The Bertz CT molecular complexity index is 891. The number of nitrogens with one attached hydrogen (secondary N) is 1. The van der Waals surface area contributed by atoms with Gasteiger partial charge in [-0.3, -0.25) is 14.9 Å². The van der Waals surface area contributed by atoms with Crippen LogP contribution in [0.3, 0.4) is 0 Å². The molecule has 0 aromatic carbocycles. The molecule has 1 N–H and O–H groups in total. The standard InChI is InChI=1S/C20H26N6O2/c27-18(14-6-7-14)22-20-21-16-4-3-5-17(26(16)23-20)24-12-8-15(9-13-24)19(28)25-10-1-2-11-25/h3-5,14-15H,1-2,6-13H2,(H,22,23,27). The Morgan fingerprint density at radius 2 is 1.71 bits per heavy atom. The Labute approximate surface area is 163 Å². The highest BCUT2D eigenvalue weighted by Gasteiger charge is 2.32. The number of likely N-dealkylation sites (tertiary alicyclic amines) is 1. The number of hydrogen-bond acceptors (Lipinski definition) is 5. The lowest BCUT2D eigenvalue weighted by Gasteiger charge is -2.34. The van der Waals surface area contributed by atoms with Gasteiger partial charge in [-0.1, -0.05) is 6.07 Å². The van der Waals surface area contributed by atoms with Gasteiger partial charge in [0.25, 0.3) is 0 Å². The van der Waals surface area contributed by atoms with Crippen molar-refractivity contribution in [3.63, 3.8) is 0 Å². The van der Waals surface area contributed by atoms with Gasteiger partial charge in [0.2, 0.25) is 17.8 Å². The lowest BCUT2D eigenvalue weighted by Crippen LogP contribution is -2.42. The van der Waals surface area contributed by atoms with Crippen LogP contribution in [0.1, 0.15) is 38.5 Å². The SMILES string of the molecule is O=C(Nc1nc2cccc(N3CCC(C(=O)N4CCCC4)CC3)n2n1)C1CC1. The van der Waals surface area contributed by atoms with Crippen molar-refractivity contribution in [1.82, 2.24) is 19.5 Å². The summed E-state index contributed by atoms with van der Waals surface area (Å²) in [6, 6.07) is 5.89. The van der Waals surface area contributed by atoms with E-state index in [-0.39, 0.29) is 17.7 Å². The third-order valence-electron chi connectivity index (χ3n) is 6.11. The molecule has 8 nitrogen and oxygen atoms in total. The van der Waals surface area contributed by atoms with Gasteiger partial charge < -0.3 is 9.80 Å². The summed E-state index contributed by atoms with van der Waals surface area (Å²) in [5, 5.41) is 7.34. The molecule has 0 bridgehead atoms. The van der Waals surface area contributed by atoms with E-state index in [1.807, 2.05) is 23.1 Å². The molecule has 0 unspecified atom stereocenters. The van der Waals surface area contributed by atoms with Gasteiger partial charge in [-0.2, -0.15) is 9.50 Å². The number of aromatic nitrogens is 3. The zero-order valence-electron chi connectivity index (χ0n) is 16.0. The Morgan fingerprint density at radius 3 is 2.43 bits per heavy atom. The molecule has 0 atom stereocenters. The average Bonchev–Trinajstić information content (AvgIpc) is 3.27. The van der Waals surface area contributed by atoms with E-state index in [9.17, 15) is 9.59 Å². The lowest BCUT2D eigenvalue weighted by atomic mass is 9.95. The van der Waals surface area contributed by atoms with Gasteiger partial charge in [0.15, 0.2) is 5.65 Å². The zero-order valence-corrected chi connectivity index (χ0v) is 16.0. The summed E-state index contributed by atoms with van der Waals surface area (Å²) in [5.41, 5.74) is 0.721. The number of amides is 2. The zero-order chi connectivity index (χ0) is 19.1. The molecular weight excluding hydrogens is 356 g/mol. The van der Waals surface area contributed by atoms with Crippen molar-refractivity contribution >= 4 is 29.2 Å². The van der Waals surface area contributed by atoms with Crippen molar-refractivity contribution in [2.75, 3.05) is 36.4 Å². The highest BCUT2D eigenvalue weighted by molar-refractivity contribution is 5.92. The van der Waals surface area contributed by atoms with Crippen LogP contribution in [-0.2, 0) is 9.59 Å². The molecule has 1 saturated carbocycles. The molecule has 3 aliphatic rings. The Balaban J connectivity index is 1.29. The third-order valence-corrected chi connectivity index (χ3v) is 6.11. The molecule has 28 heavy (non-hydrogen) atoms. The summed E-state index contributed by atoms with van der Waals surface area (Å²) in [7, 11) is 0. The van der Waals surface area contributed by atoms with Gasteiger partial charge in [0.05, 0.1) is 0 Å². The summed E-state index contributed by atoms with van der Waals surface area (Å²) in [5.74, 6) is 1.93. The lowest BCUT2D eigenvalue weighted by molar-refractivity contribution is -0.135. The Morgan fingerprint density at radius 1 is 0.964 bits per heavy atom. The maximum absolute atomic E-state index is 12.7. The maximum atomic E-state index is 12.7. The first-order valence-electron chi connectivity index (χ1n) is 10.4. The molecule has 0 spiro atoms. The van der Waals surface area contributed by atoms with Crippen molar-refractivity contribution < 1.29 is 9.59 Å². The van der Waals surface area contributed by atoms with Crippen molar-refractivity contribution in [2.24, 2.45) is 11.8 Å². The number of rotatable bonds is 4. The molecule has 2 amide bonds. The van der Waals surface area contributed by atoms with E-state index < -0.39 is 0 Å². The van der Waals surface area contributed by atoms with E-state index in [1.54, 1.807) is 4.52 Å². The van der Waals surface area contributed by atoms with Crippen LogP contribution in [-0.4, -0.2) is 57.5 Å². The number of carbonyl (C=O) groups is 2. The maximum Gasteiger partial charge on any atom is 0.249 e. The van der Waals surface area contributed by atoms with Crippen LogP contribution in [0.5, 0.6) is 0 Å². The van der Waals surface area contributed by atoms with Crippen LogP contribution in [0.2, 0.25) is 0 Å². The summed E-state index contributed by atoms with van der Waals surface area (Å²) < 4.78 is 1.80. The van der Waals surface area contributed by atoms with Crippen molar-refractivity contribution in [1.29, 1.82) is 0 Å². The number of pyridine rings is 1. The van der Waals surface area contributed by atoms with Crippen molar-refractivity contribution in [3.05, 3.63) is 18.2 Å². The van der Waals surface area contributed by atoms with E-state index in [0.29, 0.717) is 11.9 Å². The van der Waals surface area contributed by atoms with Crippen molar-refractivity contribution in [3.8, 4) is 0 Å². The van der Waals surface area contributed by atoms with Crippen molar-refractivity contribution in [2.45, 2.75) is 38.5 Å². The number of fused-ring (bicyclic) bond motifs is 1. The predicted molar refractivity (Wildman–Crippen MR) is 105 cm³/mol. The molecule has 148 valence electrons. The number of carbonyl (C=O) groups excluding carboxylic acids is 2. The fourth-order valence-corrected chi connectivity index (χ4v) is 4.29. The molecule has 2 aromatic heterocycles. The van der Waals surface area contributed by atoms with Gasteiger partial charge in [0, 0.05) is 38.0 Å². The largest absolute Gasteiger partial charge is 0.356 e. The molecule has 8 heteroatoms. The molecule has 0 radical (unpaired) electrons. The van der Waals surface area contributed by atoms with Gasteiger partial charge in [-0.25, -0.2) is 0 Å². The van der Waals surface area contributed by atoms with Crippen LogP contribution >= 0.6 is 0 Å². The van der Waals surface area contributed by atoms with Gasteiger partial charge >= 0.3 is 0 Å². The number of hydrogen-bond donors (Lipinski definition) is 1. The van der Waals surface area contributed by atoms with Crippen LogP contribution < -0.4 is 10.2 Å². The molecule has 3 fully saturated rings. The molecule has 4 heterocycles. The Kier molecular flexibility index (Phi) is 4.41. The van der Waals surface area contributed by atoms with Crippen LogP contribution in [0.15, 0.2) is 18.2 Å². The van der Waals surface area contributed by atoms with E-state index in [1.165, 1.54) is 0 Å². The first-order valence-corrected chi connectivity index (χ1v) is 10.4. The number of piperidine rings is 1. The minimum Gasteiger partial charge on any atom is -0.356 e. The first-order chi connectivity index (χ1) is 13.7. The monoisotopic (exact) mass is 382 g/mol. The Hall–Kier alpha value is -2.64. The normalized spacial score (nSPS) is 20.7. The highest BCUT2D eigenvalue weighted by atomic mass is 16.2. The fraction of sp³-hybridized carbons (Fsp3) is 0.600. The average molecular weight is 382 g/mol. The van der Waals surface area contributed by atoms with E-state index >= 15 is 0 Å². The topological polar surface area (TPSA) is 82.8 Å². The van der Waals surface area contributed by atoms with Crippen LogP contribution in [0.25, 0.3) is 5.65 Å². The summed E-state index contributed by atoms with van der Waals surface area (Å²) in [6.45, 7) is 3.50. The predicted octanol–water partition coefficient (Wildman–Crippen LogP) is 1.92. The van der Waals surface area contributed by atoms with Gasteiger partial charge in [0.1, 0.15) is 5.82 Å². The second-order valence-corrected chi connectivity index (χ2v) is 8.15.